The zero-order valence-corrected chi connectivity index (χ0v) is 19.3. The maximum absolute atomic E-state index is 2.41. The van der Waals surface area contributed by atoms with Gasteiger partial charge in [-0.2, -0.15) is 0 Å². The van der Waals surface area contributed by atoms with Gasteiger partial charge < -0.3 is 0 Å². The topological polar surface area (TPSA) is 0 Å². The molecule has 0 atom stereocenters. The van der Waals surface area contributed by atoms with Crippen molar-refractivity contribution in [1.82, 2.24) is 0 Å². The molecule has 0 radical (unpaired) electrons. The molecular formula is C27H20S3. The predicted octanol–water partition coefficient (Wildman–Crippen LogP) is 8.64. The van der Waals surface area contributed by atoms with Gasteiger partial charge in [0.25, 0.3) is 0 Å². The molecule has 0 saturated heterocycles. The van der Waals surface area contributed by atoms with E-state index < -0.39 is 0 Å². The first-order valence-corrected chi connectivity index (χ1v) is 12.6. The Morgan fingerprint density at radius 3 is 2.30 bits per heavy atom. The van der Waals surface area contributed by atoms with Crippen molar-refractivity contribution < 1.29 is 0 Å². The molecule has 0 aromatic heterocycles. The Morgan fingerprint density at radius 2 is 1.37 bits per heavy atom. The molecule has 0 nitrogen and oxygen atoms in total. The summed E-state index contributed by atoms with van der Waals surface area (Å²) in [5.41, 5.74) is 8.28. The number of aryl methyl sites for hydroxylation is 2. The van der Waals surface area contributed by atoms with Crippen LogP contribution < -0.4 is 0 Å². The molecule has 3 heteroatoms. The first kappa shape index (κ1) is 18.7. The lowest BCUT2D eigenvalue weighted by Gasteiger charge is -2.23. The highest BCUT2D eigenvalue weighted by Crippen LogP contribution is 2.51. The van der Waals surface area contributed by atoms with Gasteiger partial charge in [0.05, 0.1) is 0 Å². The maximum atomic E-state index is 2.41. The smallest absolute Gasteiger partial charge is 0.0291 e. The van der Waals surface area contributed by atoms with E-state index in [-0.39, 0.29) is 0 Å². The van der Waals surface area contributed by atoms with Crippen LogP contribution in [0.2, 0.25) is 0 Å². The predicted molar refractivity (Wildman–Crippen MR) is 129 cm³/mol. The molecule has 2 aliphatic heterocycles. The SMILES string of the molecule is Cc1cc(-c2ccc3c(c2)Sc2cccc(C)c2S3)cc2c1Sc1ccccc1C2. The average Bonchev–Trinajstić information content (AvgIpc) is 2.76. The number of fused-ring (bicyclic) bond motifs is 4. The van der Waals surface area contributed by atoms with Gasteiger partial charge in [-0.1, -0.05) is 77.8 Å². The standard InChI is InChI=1S/C27H20S3/c1-16-6-5-9-24-27(16)30-23-11-10-18(15-25(23)28-24)20-12-17(2)26-21(14-20)13-19-7-3-4-8-22(19)29-26/h3-12,14-15H,13H2,1-2H3. The lowest BCUT2D eigenvalue weighted by Crippen LogP contribution is -2.02. The quantitative estimate of drug-likeness (QED) is 0.251. The molecule has 0 spiro atoms. The minimum atomic E-state index is 1.02. The zero-order chi connectivity index (χ0) is 20.2. The summed E-state index contributed by atoms with van der Waals surface area (Å²) in [5, 5.41) is 0. The summed E-state index contributed by atoms with van der Waals surface area (Å²) >= 11 is 5.73. The minimum absolute atomic E-state index is 1.02. The summed E-state index contributed by atoms with van der Waals surface area (Å²) in [4.78, 5) is 8.35. The van der Waals surface area contributed by atoms with Crippen molar-refractivity contribution in [3.63, 3.8) is 0 Å². The van der Waals surface area contributed by atoms with Gasteiger partial charge in [-0.05, 0) is 84.0 Å². The third-order valence-corrected chi connectivity index (χ3v) is 9.91. The summed E-state index contributed by atoms with van der Waals surface area (Å²) in [6, 6.07) is 27.2. The van der Waals surface area contributed by atoms with Gasteiger partial charge in [-0.3, -0.25) is 0 Å². The first-order valence-electron chi connectivity index (χ1n) is 10.1. The monoisotopic (exact) mass is 440 g/mol. The molecule has 146 valence electrons. The van der Waals surface area contributed by atoms with Crippen LogP contribution in [0.4, 0.5) is 0 Å². The van der Waals surface area contributed by atoms with E-state index in [4.69, 9.17) is 0 Å². The number of rotatable bonds is 1. The summed E-state index contributed by atoms with van der Waals surface area (Å²) in [5.74, 6) is 0. The molecule has 0 fully saturated rings. The normalized spacial score (nSPS) is 13.8. The Labute approximate surface area is 190 Å². The molecule has 0 N–H and O–H groups in total. The Morgan fingerprint density at radius 1 is 0.533 bits per heavy atom. The van der Waals surface area contributed by atoms with Crippen LogP contribution in [0.25, 0.3) is 11.1 Å². The van der Waals surface area contributed by atoms with Gasteiger partial charge in [0, 0.05) is 29.4 Å². The average molecular weight is 441 g/mol. The summed E-state index contributed by atoms with van der Waals surface area (Å²) in [6.45, 7) is 4.46. The summed E-state index contributed by atoms with van der Waals surface area (Å²) < 4.78 is 0. The third kappa shape index (κ3) is 3.11. The fraction of sp³-hybridized carbons (Fsp3) is 0.111. The van der Waals surface area contributed by atoms with Crippen LogP contribution in [0.15, 0.2) is 102 Å². The number of benzene rings is 4. The van der Waals surface area contributed by atoms with Crippen LogP contribution in [-0.4, -0.2) is 0 Å². The third-order valence-electron chi connectivity index (χ3n) is 5.80. The summed E-state index contributed by atoms with van der Waals surface area (Å²) in [6.07, 6.45) is 1.02. The fourth-order valence-electron chi connectivity index (χ4n) is 4.27. The van der Waals surface area contributed by atoms with Gasteiger partial charge in [0.1, 0.15) is 0 Å². The van der Waals surface area contributed by atoms with Crippen molar-refractivity contribution in [2.75, 3.05) is 0 Å². The Hall–Kier alpha value is -2.07. The highest BCUT2D eigenvalue weighted by atomic mass is 32.2. The Kier molecular flexibility index (Phi) is 4.52. The van der Waals surface area contributed by atoms with E-state index in [9.17, 15) is 0 Å². The molecule has 4 aromatic rings. The van der Waals surface area contributed by atoms with Crippen LogP contribution in [0, 0.1) is 13.8 Å². The second-order valence-corrected chi connectivity index (χ2v) is 11.1. The largest absolute Gasteiger partial charge is 0.0892 e. The van der Waals surface area contributed by atoms with Crippen molar-refractivity contribution in [3.05, 3.63) is 95.1 Å². The van der Waals surface area contributed by atoms with Crippen molar-refractivity contribution >= 4 is 35.3 Å². The molecule has 30 heavy (non-hydrogen) atoms. The molecular weight excluding hydrogens is 420 g/mol. The Bertz CT molecular complexity index is 1320. The van der Waals surface area contributed by atoms with Crippen molar-refractivity contribution in [2.24, 2.45) is 0 Å². The van der Waals surface area contributed by atoms with Crippen LogP contribution in [-0.2, 0) is 6.42 Å². The van der Waals surface area contributed by atoms with E-state index in [1.165, 1.54) is 62.8 Å². The van der Waals surface area contributed by atoms with E-state index in [0.29, 0.717) is 0 Å². The van der Waals surface area contributed by atoms with Crippen LogP contribution in [0.3, 0.4) is 0 Å². The van der Waals surface area contributed by atoms with Crippen LogP contribution in [0.1, 0.15) is 22.3 Å². The zero-order valence-electron chi connectivity index (χ0n) is 16.9. The van der Waals surface area contributed by atoms with Crippen molar-refractivity contribution in [3.8, 4) is 11.1 Å². The van der Waals surface area contributed by atoms with Crippen LogP contribution in [0.5, 0.6) is 0 Å². The fourth-order valence-corrected chi connectivity index (χ4v) is 7.80. The molecule has 0 aliphatic carbocycles. The lowest BCUT2D eigenvalue weighted by molar-refractivity contribution is 1.04. The molecule has 2 aliphatic rings. The van der Waals surface area contributed by atoms with Crippen molar-refractivity contribution in [2.45, 2.75) is 49.6 Å². The number of hydrogen-bond donors (Lipinski definition) is 0. The highest BCUT2D eigenvalue weighted by Gasteiger charge is 2.21. The molecule has 6 rings (SSSR count). The second-order valence-electron chi connectivity index (χ2n) is 7.94. The van der Waals surface area contributed by atoms with E-state index in [1.54, 1.807) is 0 Å². The minimum Gasteiger partial charge on any atom is -0.0892 e. The highest BCUT2D eigenvalue weighted by molar-refractivity contribution is 8.05. The molecule has 0 bridgehead atoms. The number of hydrogen-bond acceptors (Lipinski definition) is 3. The second kappa shape index (κ2) is 7.26. The van der Waals surface area contributed by atoms with Crippen molar-refractivity contribution in [1.29, 1.82) is 0 Å². The van der Waals surface area contributed by atoms with Gasteiger partial charge in [-0.25, -0.2) is 0 Å². The van der Waals surface area contributed by atoms with E-state index >= 15 is 0 Å². The van der Waals surface area contributed by atoms with E-state index in [1.807, 2.05) is 35.3 Å². The van der Waals surface area contributed by atoms with Crippen LogP contribution >= 0.6 is 35.3 Å². The molecule has 0 saturated carbocycles. The molecule has 0 amide bonds. The van der Waals surface area contributed by atoms with E-state index in [0.717, 1.165) is 6.42 Å². The van der Waals surface area contributed by atoms with Gasteiger partial charge >= 0.3 is 0 Å². The summed E-state index contributed by atoms with van der Waals surface area (Å²) in [7, 11) is 0. The first-order chi connectivity index (χ1) is 14.7. The lowest BCUT2D eigenvalue weighted by atomic mass is 9.96. The molecule has 0 unspecified atom stereocenters. The Balaban J connectivity index is 1.39. The maximum Gasteiger partial charge on any atom is 0.0291 e. The molecule has 4 aromatic carbocycles. The van der Waals surface area contributed by atoms with Gasteiger partial charge in [0.15, 0.2) is 0 Å². The van der Waals surface area contributed by atoms with E-state index in [2.05, 4.69) is 86.6 Å². The molecule has 2 heterocycles. The van der Waals surface area contributed by atoms with Gasteiger partial charge in [-0.15, -0.1) is 0 Å². The van der Waals surface area contributed by atoms with Gasteiger partial charge in [0.2, 0.25) is 0 Å².